The van der Waals surface area contributed by atoms with Gasteiger partial charge in [-0.3, -0.25) is 0 Å². The molecule has 0 aliphatic heterocycles. The third-order valence-electron chi connectivity index (χ3n) is 3.48. The van der Waals surface area contributed by atoms with Crippen LogP contribution in [0.4, 0.5) is 0 Å². The molecular formula is C18H31NO. The Morgan fingerprint density at radius 2 is 1.65 bits per heavy atom. The smallest absolute Gasteiger partial charge is 0.119 e. The Balaban J connectivity index is 2.65. The van der Waals surface area contributed by atoms with Crippen LogP contribution in [0.3, 0.4) is 0 Å². The molecule has 2 heteroatoms. The molecule has 1 rings (SSSR count). The van der Waals surface area contributed by atoms with Crippen molar-refractivity contribution < 1.29 is 4.74 Å². The van der Waals surface area contributed by atoms with Crippen LogP contribution in [0.25, 0.3) is 0 Å². The minimum absolute atomic E-state index is 0.279. The Morgan fingerprint density at radius 3 is 2.10 bits per heavy atom. The highest BCUT2D eigenvalue weighted by Gasteiger charge is 2.14. The third-order valence-corrected chi connectivity index (χ3v) is 3.48. The summed E-state index contributed by atoms with van der Waals surface area (Å²) in [7, 11) is 0. The van der Waals surface area contributed by atoms with Crippen LogP contribution >= 0.6 is 0 Å². The van der Waals surface area contributed by atoms with E-state index in [4.69, 9.17) is 4.74 Å². The Kier molecular flexibility index (Phi) is 6.54. The third kappa shape index (κ3) is 5.96. The maximum atomic E-state index is 5.83. The molecule has 0 aliphatic rings. The molecular weight excluding hydrogens is 246 g/mol. The molecule has 2 nitrogen and oxygen atoms in total. The number of hydrogen-bond acceptors (Lipinski definition) is 2. The van der Waals surface area contributed by atoms with E-state index in [2.05, 4.69) is 71.1 Å². The van der Waals surface area contributed by atoms with Gasteiger partial charge in [0, 0.05) is 12.6 Å². The second-order valence-corrected chi connectivity index (χ2v) is 6.81. The highest BCUT2D eigenvalue weighted by Crippen LogP contribution is 2.22. The predicted octanol–water partition coefficient (Wildman–Crippen LogP) is 4.95. The van der Waals surface area contributed by atoms with Crippen molar-refractivity contribution in [1.29, 1.82) is 0 Å². The van der Waals surface area contributed by atoms with Crippen molar-refractivity contribution in [2.24, 2.45) is 5.41 Å². The van der Waals surface area contributed by atoms with Crippen molar-refractivity contribution in [2.75, 3.05) is 6.54 Å². The summed E-state index contributed by atoms with van der Waals surface area (Å²) in [5.74, 6) is 0.966. The first-order valence-corrected chi connectivity index (χ1v) is 7.85. The first kappa shape index (κ1) is 17.0. The number of nitrogens with one attached hydrogen (secondary N) is 1. The average Bonchev–Trinajstić information content (AvgIpc) is 2.39. The molecule has 0 saturated carbocycles. The molecule has 0 saturated heterocycles. The van der Waals surface area contributed by atoms with Crippen molar-refractivity contribution in [3.05, 3.63) is 29.8 Å². The summed E-state index contributed by atoms with van der Waals surface area (Å²) in [6.07, 6.45) is 2.41. The van der Waals surface area contributed by atoms with Crippen LogP contribution < -0.4 is 10.1 Å². The second kappa shape index (κ2) is 7.68. The summed E-state index contributed by atoms with van der Waals surface area (Å²) >= 11 is 0. The largest absolute Gasteiger partial charge is 0.491 e. The van der Waals surface area contributed by atoms with Gasteiger partial charge < -0.3 is 10.1 Å². The molecule has 0 bridgehead atoms. The maximum Gasteiger partial charge on any atom is 0.119 e. The number of ether oxygens (including phenoxy) is 1. The topological polar surface area (TPSA) is 21.3 Å². The molecule has 1 N–H and O–H groups in total. The van der Waals surface area contributed by atoms with Crippen molar-refractivity contribution in [2.45, 2.75) is 66.5 Å². The number of benzene rings is 1. The normalized spacial score (nSPS) is 14.9. The summed E-state index contributed by atoms with van der Waals surface area (Å²) < 4.78 is 5.83. The minimum Gasteiger partial charge on any atom is -0.491 e. The van der Waals surface area contributed by atoms with Gasteiger partial charge in [0.2, 0.25) is 0 Å². The maximum absolute atomic E-state index is 5.83. The van der Waals surface area contributed by atoms with E-state index in [1.165, 1.54) is 5.56 Å². The van der Waals surface area contributed by atoms with Crippen LogP contribution in [0, 0.1) is 5.41 Å². The summed E-state index contributed by atoms with van der Waals surface area (Å²) in [4.78, 5) is 0. The summed E-state index contributed by atoms with van der Waals surface area (Å²) in [6.45, 7) is 14.3. The number of hydrogen-bond donors (Lipinski definition) is 1. The van der Waals surface area contributed by atoms with E-state index in [1.54, 1.807) is 0 Å². The van der Waals surface area contributed by atoms with Crippen molar-refractivity contribution in [3.8, 4) is 5.75 Å². The first-order chi connectivity index (χ1) is 9.35. The molecule has 2 atom stereocenters. The molecule has 0 radical (unpaired) electrons. The highest BCUT2D eigenvalue weighted by atomic mass is 16.5. The fourth-order valence-electron chi connectivity index (χ4n) is 2.02. The van der Waals surface area contributed by atoms with Crippen LogP contribution in [0.2, 0.25) is 0 Å². The van der Waals surface area contributed by atoms with Crippen LogP contribution in [-0.2, 0) is 0 Å². The summed E-state index contributed by atoms with van der Waals surface area (Å²) in [5.41, 5.74) is 1.65. The van der Waals surface area contributed by atoms with Crippen LogP contribution in [-0.4, -0.2) is 12.6 Å². The zero-order chi connectivity index (χ0) is 15.2. The fourth-order valence-corrected chi connectivity index (χ4v) is 2.02. The average molecular weight is 277 g/mol. The molecule has 0 aliphatic carbocycles. The van der Waals surface area contributed by atoms with E-state index < -0.39 is 0 Å². The van der Waals surface area contributed by atoms with Crippen LogP contribution in [0.1, 0.15) is 66.0 Å². The first-order valence-electron chi connectivity index (χ1n) is 7.85. The number of rotatable bonds is 7. The predicted molar refractivity (Wildman–Crippen MR) is 87.3 cm³/mol. The fraction of sp³-hybridized carbons (Fsp3) is 0.667. The molecule has 114 valence electrons. The van der Waals surface area contributed by atoms with Crippen LogP contribution in [0.5, 0.6) is 5.75 Å². The molecule has 0 aromatic heterocycles. The molecule has 0 amide bonds. The van der Waals surface area contributed by atoms with Gasteiger partial charge in [0.1, 0.15) is 5.75 Å². The molecule has 0 fully saturated rings. The highest BCUT2D eigenvalue weighted by molar-refractivity contribution is 5.29. The Bertz CT molecular complexity index is 377. The molecule has 0 spiro atoms. The van der Waals surface area contributed by atoms with Gasteiger partial charge in [-0.25, -0.2) is 0 Å². The van der Waals surface area contributed by atoms with Crippen molar-refractivity contribution in [3.63, 3.8) is 0 Å². The van der Waals surface area contributed by atoms with Gasteiger partial charge in [-0.05, 0) is 42.9 Å². The van der Waals surface area contributed by atoms with Gasteiger partial charge in [0.25, 0.3) is 0 Å². The van der Waals surface area contributed by atoms with Crippen LogP contribution in [0.15, 0.2) is 24.3 Å². The second-order valence-electron chi connectivity index (χ2n) is 6.81. The van der Waals surface area contributed by atoms with Crippen molar-refractivity contribution >= 4 is 0 Å². The van der Waals surface area contributed by atoms with Crippen molar-refractivity contribution in [1.82, 2.24) is 5.32 Å². The lowest BCUT2D eigenvalue weighted by atomic mass is 9.95. The standard InChI is InChI=1S/C18H31NO/c1-7-14(3)20-16-11-9-15(10-12-16)17(8-2)19-13-18(4,5)6/h9-12,14,17,19H,7-8,13H2,1-6H3. The summed E-state index contributed by atoms with van der Waals surface area (Å²) in [5, 5.41) is 3.66. The van der Waals surface area contributed by atoms with Gasteiger partial charge in [0.05, 0.1) is 6.10 Å². The summed E-state index contributed by atoms with van der Waals surface area (Å²) in [6, 6.07) is 8.96. The lowest BCUT2D eigenvalue weighted by Crippen LogP contribution is -2.30. The van der Waals surface area contributed by atoms with Gasteiger partial charge in [-0.2, -0.15) is 0 Å². The van der Waals surface area contributed by atoms with Gasteiger partial charge in [-0.1, -0.05) is 46.8 Å². The van der Waals surface area contributed by atoms with E-state index in [9.17, 15) is 0 Å². The van der Waals surface area contributed by atoms with E-state index in [0.29, 0.717) is 11.5 Å². The Morgan fingerprint density at radius 1 is 1.05 bits per heavy atom. The Labute approximate surface area is 124 Å². The van der Waals surface area contributed by atoms with E-state index in [0.717, 1.165) is 25.1 Å². The lowest BCUT2D eigenvalue weighted by molar-refractivity contribution is 0.217. The van der Waals surface area contributed by atoms with Gasteiger partial charge in [-0.15, -0.1) is 0 Å². The van der Waals surface area contributed by atoms with E-state index in [-0.39, 0.29) is 6.10 Å². The zero-order valence-corrected chi connectivity index (χ0v) is 14.0. The molecule has 1 aromatic rings. The molecule has 0 heterocycles. The molecule has 20 heavy (non-hydrogen) atoms. The van der Waals surface area contributed by atoms with E-state index >= 15 is 0 Å². The van der Waals surface area contributed by atoms with Gasteiger partial charge in [0.15, 0.2) is 0 Å². The quantitative estimate of drug-likeness (QED) is 0.761. The minimum atomic E-state index is 0.279. The van der Waals surface area contributed by atoms with Gasteiger partial charge >= 0.3 is 0 Å². The lowest BCUT2D eigenvalue weighted by Gasteiger charge is -2.24. The monoisotopic (exact) mass is 277 g/mol. The Hall–Kier alpha value is -1.02. The van der Waals surface area contributed by atoms with E-state index in [1.807, 2.05) is 0 Å². The molecule has 2 unspecified atom stereocenters. The SMILES string of the molecule is CCC(C)Oc1ccc(C(CC)NCC(C)(C)C)cc1. The molecule has 1 aromatic carbocycles. The zero-order valence-electron chi connectivity index (χ0n) is 14.0.